The minimum atomic E-state index is -0.132. The Hall–Kier alpha value is -9.72. The number of aromatic hydroxyl groups is 4. The van der Waals surface area contributed by atoms with E-state index in [1.807, 2.05) is 58.0 Å². The minimum Gasteiger partial charge on any atom is -0.508 e. The molecular weight excluding hydrogens is 1260 g/mol. The third-order valence-electron chi connectivity index (χ3n) is 18.9. The molecule has 5 aliphatic carbocycles. The average molecular weight is 1360 g/mol. The van der Waals surface area contributed by atoms with Crippen molar-refractivity contribution in [1.82, 2.24) is 39.9 Å². The van der Waals surface area contributed by atoms with Crippen LogP contribution in [0.2, 0.25) is 0 Å². The summed E-state index contributed by atoms with van der Waals surface area (Å²) in [5, 5.41) is 50.6. The number of amides is 4. The minimum absolute atomic E-state index is 0.00441. The predicted molar refractivity (Wildman–Crippen MR) is 392 cm³/mol. The highest BCUT2D eigenvalue weighted by molar-refractivity contribution is 5.93. The molecule has 100 heavy (non-hydrogen) atoms. The van der Waals surface area contributed by atoms with Crippen LogP contribution in [0.15, 0.2) is 72.8 Å². The summed E-state index contributed by atoms with van der Waals surface area (Å²) >= 11 is 0. The number of fused-ring (bicyclic) bond motifs is 12. The molecule has 1 atom stereocenters. The van der Waals surface area contributed by atoms with Crippen LogP contribution >= 0.6 is 0 Å². The maximum absolute atomic E-state index is 12.6. The standard InChI is InChI=1S/C23H29N3O2.2C20H25N3O2.C17H19N3O2/c1-2-6-20-23(26-21(28)13-15-7-4-3-5-8-15)25-19-12-9-16-14-17(27)10-11-18(16)22(19)24-20;1-4-5-17-20(23-18(25)10-12(2)3)22-16-9-6-13-11-14(24)7-8-15(13)19(16)21-17;1-4-6-17-19(23-20(25)12(3)5-2)22-16-10-7-13-11-14(24)8-9-15(13)18(16)21-17;1-3-4-15-17(18-10(2)21)20-14-8-5-11-9-12(22)6-7-13(11)16(14)19-15/h10-11,14-15,27H,2-9,12-13H2,1H3,(H,25,26,28);7-8,11-12,24H,4-6,9-10H2,1-3H3,(H,22,23,25);8-9,11-12,24H,4-7,10H2,1-3H3,(H,22,23,25);6-7,9,22H,3-5,8H2,1-2H3,(H,18,20,21). The molecule has 20 nitrogen and oxygen atoms in total. The lowest BCUT2D eigenvalue weighted by Crippen LogP contribution is -2.23. The number of aromatic nitrogens is 8. The zero-order valence-electron chi connectivity index (χ0n) is 59.6. The first-order valence-corrected chi connectivity index (χ1v) is 36.3. The molecule has 8 aromatic rings. The Morgan fingerprint density at radius 3 is 1.05 bits per heavy atom. The van der Waals surface area contributed by atoms with Crippen LogP contribution in [-0.4, -0.2) is 83.9 Å². The molecule has 1 saturated carbocycles. The van der Waals surface area contributed by atoms with E-state index in [0.717, 1.165) is 235 Å². The highest BCUT2D eigenvalue weighted by atomic mass is 16.3. The Kier molecular flexibility index (Phi) is 24.7. The molecule has 20 heteroatoms. The fourth-order valence-corrected chi connectivity index (χ4v) is 13.7. The van der Waals surface area contributed by atoms with E-state index < -0.39 is 0 Å². The first-order valence-electron chi connectivity index (χ1n) is 36.3. The van der Waals surface area contributed by atoms with Gasteiger partial charge in [-0.15, -0.1) is 0 Å². The fraction of sp³-hybridized carbons (Fsp3) is 0.450. The van der Waals surface area contributed by atoms with Gasteiger partial charge in [-0.3, -0.25) is 19.2 Å². The van der Waals surface area contributed by atoms with E-state index in [1.54, 1.807) is 42.5 Å². The third-order valence-corrected chi connectivity index (χ3v) is 18.9. The van der Waals surface area contributed by atoms with Crippen LogP contribution in [-0.2, 0) is 96.2 Å². The van der Waals surface area contributed by atoms with Crippen molar-refractivity contribution < 1.29 is 39.6 Å². The summed E-state index contributed by atoms with van der Waals surface area (Å²) in [6, 6.07) is 21.6. The number of phenols is 4. The molecule has 0 saturated heterocycles. The van der Waals surface area contributed by atoms with Gasteiger partial charge in [-0.1, -0.05) is 100 Å². The molecule has 13 rings (SSSR count). The summed E-state index contributed by atoms with van der Waals surface area (Å²) in [6.07, 6.45) is 21.1. The van der Waals surface area contributed by atoms with Crippen LogP contribution in [0.4, 0.5) is 23.3 Å². The Bertz CT molecular complexity index is 4300. The molecule has 4 aromatic heterocycles. The van der Waals surface area contributed by atoms with Gasteiger partial charge in [0.1, 0.15) is 23.0 Å². The van der Waals surface area contributed by atoms with E-state index in [1.165, 1.54) is 26.2 Å². The van der Waals surface area contributed by atoms with Gasteiger partial charge in [-0.2, -0.15) is 0 Å². The van der Waals surface area contributed by atoms with Crippen LogP contribution in [0, 0.1) is 17.8 Å². The summed E-state index contributed by atoms with van der Waals surface area (Å²) in [5.74, 6) is 4.24. The molecule has 0 aliphatic heterocycles. The molecule has 526 valence electrons. The largest absolute Gasteiger partial charge is 0.508 e. The summed E-state index contributed by atoms with van der Waals surface area (Å²) in [4.78, 5) is 86.8. The molecule has 1 unspecified atom stereocenters. The number of carbonyl (C=O) groups excluding carboxylic acids is 4. The number of nitrogens with one attached hydrogen (secondary N) is 4. The molecule has 4 amide bonds. The van der Waals surface area contributed by atoms with Gasteiger partial charge in [-0.25, -0.2) is 39.9 Å². The van der Waals surface area contributed by atoms with Crippen LogP contribution in [0.25, 0.3) is 45.0 Å². The predicted octanol–water partition coefficient (Wildman–Crippen LogP) is 15.4. The van der Waals surface area contributed by atoms with Crippen molar-refractivity contribution in [1.29, 1.82) is 0 Å². The molecule has 0 bridgehead atoms. The van der Waals surface area contributed by atoms with Gasteiger partial charge >= 0.3 is 0 Å². The molecule has 4 heterocycles. The van der Waals surface area contributed by atoms with Crippen LogP contribution in [0.1, 0.15) is 207 Å². The molecule has 4 aromatic carbocycles. The zero-order chi connectivity index (χ0) is 71.1. The highest BCUT2D eigenvalue weighted by Gasteiger charge is 2.29. The molecule has 0 spiro atoms. The topological polar surface area (TPSA) is 300 Å². The van der Waals surface area contributed by atoms with Gasteiger partial charge in [-0.05, 0) is 203 Å². The molecule has 0 radical (unpaired) electrons. The molecule has 8 N–H and O–H groups in total. The normalized spacial score (nSPS) is 13.9. The lowest BCUT2D eigenvalue weighted by Gasteiger charge is -2.22. The lowest BCUT2D eigenvalue weighted by atomic mass is 9.87. The maximum atomic E-state index is 12.6. The Labute approximate surface area is 587 Å². The Balaban J connectivity index is 0.000000144. The first-order chi connectivity index (χ1) is 48.2. The summed E-state index contributed by atoms with van der Waals surface area (Å²) in [7, 11) is 0. The lowest BCUT2D eigenvalue weighted by molar-refractivity contribution is -0.119. The second kappa shape index (κ2) is 33.9. The van der Waals surface area contributed by atoms with Gasteiger partial charge in [0.15, 0.2) is 23.3 Å². The van der Waals surface area contributed by atoms with E-state index in [2.05, 4.69) is 53.9 Å². The number of phenolic OH excluding ortho intramolecular Hbond substituents is 4. The Morgan fingerprint density at radius 1 is 0.420 bits per heavy atom. The van der Waals surface area contributed by atoms with Gasteiger partial charge in [0.25, 0.3) is 0 Å². The smallest absolute Gasteiger partial charge is 0.228 e. The van der Waals surface area contributed by atoms with Crippen molar-refractivity contribution in [2.75, 3.05) is 21.3 Å². The number of anilines is 4. The monoisotopic (exact) mass is 1350 g/mol. The van der Waals surface area contributed by atoms with E-state index in [9.17, 15) is 39.6 Å². The molecular formula is C80H98N12O8. The second-order valence-electron chi connectivity index (χ2n) is 27.5. The number of hydrogen-bond acceptors (Lipinski definition) is 16. The Morgan fingerprint density at radius 2 is 0.740 bits per heavy atom. The molecule has 5 aliphatic rings. The average Bonchev–Trinajstić information content (AvgIpc) is 0.796. The second-order valence-corrected chi connectivity index (χ2v) is 27.5. The SMILES string of the molecule is CCCc1nc2c(nc1NC(=O)C(C)CC)CCc1cc(O)ccc1-2.CCCc1nc2c(nc1NC(=O)CC(C)C)CCc1cc(O)ccc1-2.CCCc1nc2c(nc1NC(=O)CC1CCCCC1)CCc1cc(O)ccc1-2.CCCc1nc2c(nc1NC(C)=O)CCc1cc(O)ccc1-2. The van der Waals surface area contributed by atoms with Crippen LogP contribution in [0.3, 0.4) is 0 Å². The van der Waals surface area contributed by atoms with E-state index >= 15 is 0 Å². The van der Waals surface area contributed by atoms with Crippen LogP contribution in [0.5, 0.6) is 23.0 Å². The maximum Gasteiger partial charge on any atom is 0.228 e. The van der Waals surface area contributed by atoms with Gasteiger partial charge in [0.05, 0.1) is 68.3 Å². The van der Waals surface area contributed by atoms with Crippen LogP contribution < -0.4 is 21.3 Å². The third kappa shape index (κ3) is 18.2. The summed E-state index contributed by atoms with van der Waals surface area (Å²) in [5.41, 5.74) is 19.1. The van der Waals surface area contributed by atoms with Gasteiger partial charge < -0.3 is 41.7 Å². The van der Waals surface area contributed by atoms with Crippen molar-refractivity contribution in [3.63, 3.8) is 0 Å². The fourth-order valence-electron chi connectivity index (χ4n) is 13.7. The number of nitrogens with zero attached hydrogens (tertiary/aromatic N) is 8. The van der Waals surface area contributed by atoms with Gasteiger partial charge in [0.2, 0.25) is 23.6 Å². The number of hydrogen-bond donors (Lipinski definition) is 8. The number of carbonyl (C=O) groups is 4. The number of benzene rings is 4. The number of rotatable bonds is 18. The van der Waals surface area contributed by atoms with Crippen molar-refractivity contribution in [2.24, 2.45) is 17.8 Å². The van der Waals surface area contributed by atoms with Crippen molar-refractivity contribution in [2.45, 2.75) is 216 Å². The van der Waals surface area contributed by atoms with Crippen molar-refractivity contribution in [3.05, 3.63) is 141 Å². The molecule has 1 fully saturated rings. The zero-order valence-corrected chi connectivity index (χ0v) is 59.6. The number of aryl methyl sites for hydroxylation is 12. The van der Waals surface area contributed by atoms with E-state index in [-0.39, 0.29) is 52.5 Å². The first kappa shape index (κ1) is 73.0. The van der Waals surface area contributed by atoms with Gasteiger partial charge in [0, 0.05) is 47.9 Å². The quantitative estimate of drug-likeness (QED) is 0.0396. The summed E-state index contributed by atoms with van der Waals surface area (Å²) in [6.45, 7) is 17.8. The van der Waals surface area contributed by atoms with E-state index in [4.69, 9.17) is 34.9 Å². The van der Waals surface area contributed by atoms with Crippen molar-refractivity contribution >= 4 is 46.9 Å². The summed E-state index contributed by atoms with van der Waals surface area (Å²) < 4.78 is 0. The van der Waals surface area contributed by atoms with Crippen molar-refractivity contribution in [3.8, 4) is 68.0 Å². The van der Waals surface area contributed by atoms with E-state index in [0.29, 0.717) is 47.9 Å². The highest BCUT2D eigenvalue weighted by Crippen LogP contribution is 2.40.